The van der Waals surface area contributed by atoms with Gasteiger partial charge in [0.25, 0.3) is 8.32 Å². The fourth-order valence-corrected chi connectivity index (χ4v) is 15.7. The van der Waals surface area contributed by atoms with E-state index in [0.717, 1.165) is 35.0 Å². The minimum Gasteiger partial charge on any atom is -0.497 e. The summed E-state index contributed by atoms with van der Waals surface area (Å²) in [5.74, 6) is 3.29. The molecule has 0 aliphatic carbocycles. The molecule has 4 aromatic carbocycles. The summed E-state index contributed by atoms with van der Waals surface area (Å²) in [5.41, 5.74) is 0.936. The van der Waals surface area contributed by atoms with Crippen molar-refractivity contribution in [3.05, 3.63) is 126 Å². The van der Waals surface area contributed by atoms with Gasteiger partial charge >= 0.3 is 0 Å². The van der Waals surface area contributed by atoms with Gasteiger partial charge in [-0.3, -0.25) is 0 Å². The van der Waals surface area contributed by atoms with E-state index in [0.29, 0.717) is 32.7 Å². The Morgan fingerprint density at radius 2 is 1.41 bits per heavy atom. The quantitative estimate of drug-likeness (QED) is 0.0449. The molecule has 300 valence electrons. The van der Waals surface area contributed by atoms with Crippen molar-refractivity contribution in [3.63, 3.8) is 0 Å². The monoisotopic (exact) mass is 796 g/mol. The molecule has 1 aliphatic heterocycles. The minimum atomic E-state index is -2.97. The summed E-state index contributed by atoms with van der Waals surface area (Å²) < 4.78 is 54.4. The van der Waals surface area contributed by atoms with Crippen LogP contribution < -0.4 is 15.1 Å². The molecule has 1 heterocycles. The fourth-order valence-electron chi connectivity index (χ4n) is 7.99. The average molecular weight is 797 g/mol. The molecule has 56 heavy (non-hydrogen) atoms. The van der Waals surface area contributed by atoms with Crippen LogP contribution in [0.4, 0.5) is 4.39 Å². The van der Waals surface area contributed by atoms with Crippen molar-refractivity contribution in [1.82, 2.24) is 0 Å². The number of halogens is 1. The van der Waals surface area contributed by atoms with Gasteiger partial charge in [0, 0.05) is 12.8 Å². The van der Waals surface area contributed by atoms with E-state index in [2.05, 4.69) is 108 Å². The Bertz CT molecular complexity index is 1780. The van der Waals surface area contributed by atoms with Crippen molar-refractivity contribution in [1.29, 1.82) is 0 Å². The van der Waals surface area contributed by atoms with E-state index < -0.39 is 22.2 Å². The zero-order chi connectivity index (χ0) is 40.2. The van der Waals surface area contributed by atoms with Crippen LogP contribution in [0, 0.1) is 18.2 Å². The van der Waals surface area contributed by atoms with Crippen LogP contribution in [-0.2, 0) is 36.3 Å². The van der Waals surface area contributed by atoms with Crippen LogP contribution in [0.2, 0.25) is 23.2 Å². The zero-order valence-corrected chi connectivity index (χ0v) is 36.4. The third-order valence-corrected chi connectivity index (χ3v) is 21.1. The third-order valence-electron chi connectivity index (χ3n) is 11.4. The number of methoxy groups -OCH3 is 1. The van der Waals surface area contributed by atoms with Gasteiger partial charge in [-0.05, 0) is 68.9 Å². The topological polar surface area (TPSA) is 58.7 Å². The van der Waals surface area contributed by atoms with Crippen molar-refractivity contribution >= 4 is 27.0 Å². The predicted octanol–water partition coefficient (Wildman–Crippen LogP) is 9.45. The van der Waals surface area contributed by atoms with E-state index in [1.807, 2.05) is 30.3 Å². The predicted molar refractivity (Wildman–Crippen MR) is 229 cm³/mol. The Hall–Kier alpha value is -3.60. The maximum atomic E-state index is 14.0. The first-order valence-corrected chi connectivity index (χ1v) is 24.5. The lowest BCUT2D eigenvalue weighted by molar-refractivity contribution is -0.0753. The van der Waals surface area contributed by atoms with E-state index in [1.54, 1.807) is 13.2 Å². The van der Waals surface area contributed by atoms with E-state index in [-0.39, 0.29) is 35.8 Å². The standard InChI is InChI=1S/C47H61FO6Si2/c1-9-20-43(51-34-38-21-19-22-39(48)31-38)45-44(53-45)32-47(54-55(10-2,11-3)12-4,35-50-33-37-27-29-40(49-8)30-28-37)36-52-56(46(5,6)7,41-23-15-13-16-24-41)42-25-17-14-18-26-42/h1,13-19,21-31,43-45H,10-12,20,32-36H2,2-8H3/t43-,44-,45-,47+/m0/s1. The highest BCUT2D eigenvalue weighted by atomic mass is 28.4. The minimum absolute atomic E-state index is 0.203. The van der Waals surface area contributed by atoms with Crippen LogP contribution in [0.15, 0.2) is 109 Å². The normalized spacial score (nSPS) is 17.5. The Balaban J connectivity index is 1.54. The van der Waals surface area contributed by atoms with Gasteiger partial charge in [-0.2, -0.15) is 0 Å². The molecular formula is C47H61FO6Si2. The third kappa shape index (κ3) is 10.7. The number of rotatable bonds is 22. The molecule has 0 bridgehead atoms. The van der Waals surface area contributed by atoms with E-state index in [1.165, 1.54) is 22.5 Å². The average Bonchev–Trinajstić information content (AvgIpc) is 3.97. The second kappa shape index (κ2) is 19.7. The van der Waals surface area contributed by atoms with Crippen molar-refractivity contribution in [2.45, 2.75) is 115 Å². The summed E-state index contributed by atoms with van der Waals surface area (Å²) in [4.78, 5) is 0. The van der Waals surface area contributed by atoms with Gasteiger partial charge in [-0.15, -0.1) is 12.3 Å². The first-order chi connectivity index (χ1) is 27.0. The summed E-state index contributed by atoms with van der Waals surface area (Å²) in [6.07, 6.45) is 5.96. The number of terminal acetylenes is 1. The van der Waals surface area contributed by atoms with Gasteiger partial charge in [0.05, 0.1) is 45.7 Å². The molecule has 0 amide bonds. The maximum absolute atomic E-state index is 14.0. The molecule has 9 heteroatoms. The van der Waals surface area contributed by atoms with Gasteiger partial charge in [0.1, 0.15) is 23.3 Å². The molecule has 0 aromatic heterocycles. The summed E-state index contributed by atoms with van der Waals surface area (Å²) in [7, 11) is -3.58. The molecule has 4 aromatic rings. The second-order valence-corrected chi connectivity index (χ2v) is 25.0. The smallest absolute Gasteiger partial charge is 0.261 e. The summed E-state index contributed by atoms with van der Waals surface area (Å²) in [5, 5.41) is 2.18. The molecule has 0 unspecified atom stereocenters. The van der Waals surface area contributed by atoms with E-state index >= 15 is 0 Å². The van der Waals surface area contributed by atoms with Crippen LogP contribution in [0.3, 0.4) is 0 Å². The highest BCUT2D eigenvalue weighted by Crippen LogP contribution is 2.43. The molecule has 4 atom stereocenters. The van der Waals surface area contributed by atoms with Gasteiger partial charge in [-0.1, -0.05) is 126 Å². The Morgan fingerprint density at radius 3 is 1.95 bits per heavy atom. The lowest BCUT2D eigenvalue weighted by Crippen LogP contribution is -2.68. The Morgan fingerprint density at radius 1 is 0.786 bits per heavy atom. The fraction of sp³-hybridized carbons (Fsp3) is 0.447. The van der Waals surface area contributed by atoms with Crippen LogP contribution >= 0.6 is 0 Å². The number of hydrogen-bond acceptors (Lipinski definition) is 6. The molecule has 0 N–H and O–H groups in total. The number of epoxide rings is 1. The van der Waals surface area contributed by atoms with Crippen LogP contribution in [0.5, 0.6) is 5.75 Å². The SMILES string of the molecule is C#CC[C@H](OCc1cccc(F)c1)[C@@H]1O[C@H]1C[C@@](COCc1ccc(OC)cc1)(CO[Si](c1ccccc1)(c1ccccc1)C(C)(C)C)O[Si](CC)(CC)CC. The van der Waals surface area contributed by atoms with Crippen LogP contribution in [0.25, 0.3) is 0 Å². The maximum Gasteiger partial charge on any atom is 0.261 e. The van der Waals surface area contributed by atoms with Gasteiger partial charge in [-0.25, -0.2) is 4.39 Å². The number of ether oxygens (including phenoxy) is 4. The molecule has 1 aliphatic rings. The van der Waals surface area contributed by atoms with Gasteiger partial charge in [0.2, 0.25) is 0 Å². The first-order valence-electron chi connectivity index (χ1n) is 20.1. The molecule has 0 radical (unpaired) electrons. The zero-order valence-electron chi connectivity index (χ0n) is 34.4. The second-order valence-electron chi connectivity index (χ2n) is 16.1. The molecular weight excluding hydrogens is 736 g/mol. The summed E-state index contributed by atoms with van der Waals surface area (Å²) >= 11 is 0. The van der Waals surface area contributed by atoms with Crippen molar-refractivity contribution in [2.75, 3.05) is 20.3 Å². The highest BCUT2D eigenvalue weighted by Gasteiger charge is 2.56. The number of benzene rings is 4. The van der Waals surface area contributed by atoms with Gasteiger partial charge in [0.15, 0.2) is 8.32 Å². The molecule has 1 fully saturated rings. The van der Waals surface area contributed by atoms with Crippen LogP contribution in [-0.4, -0.2) is 60.9 Å². The number of hydrogen-bond donors (Lipinski definition) is 0. The Kier molecular flexibility index (Phi) is 15.3. The molecule has 0 saturated carbocycles. The molecule has 0 spiro atoms. The van der Waals surface area contributed by atoms with Crippen molar-refractivity contribution < 1.29 is 32.2 Å². The van der Waals surface area contributed by atoms with Crippen LogP contribution in [0.1, 0.15) is 65.5 Å². The van der Waals surface area contributed by atoms with Crippen molar-refractivity contribution in [2.24, 2.45) is 0 Å². The Labute approximate surface area is 337 Å². The lowest BCUT2D eigenvalue weighted by Gasteiger charge is -2.48. The van der Waals surface area contributed by atoms with E-state index in [4.69, 9.17) is 34.2 Å². The lowest BCUT2D eigenvalue weighted by atomic mass is 9.96. The first kappa shape index (κ1) is 43.5. The molecule has 5 rings (SSSR count). The van der Waals surface area contributed by atoms with Crippen molar-refractivity contribution in [3.8, 4) is 18.1 Å². The molecule has 6 nitrogen and oxygen atoms in total. The largest absolute Gasteiger partial charge is 0.497 e. The van der Waals surface area contributed by atoms with Gasteiger partial charge < -0.3 is 27.8 Å². The van der Waals surface area contributed by atoms with E-state index in [9.17, 15) is 4.39 Å². The summed E-state index contributed by atoms with van der Waals surface area (Å²) in [6, 6.07) is 38.8. The summed E-state index contributed by atoms with van der Waals surface area (Å²) in [6.45, 7) is 14.9. The molecule has 1 saturated heterocycles. The highest BCUT2D eigenvalue weighted by molar-refractivity contribution is 6.99.